The highest BCUT2D eigenvalue weighted by molar-refractivity contribution is 5.18. The van der Waals surface area contributed by atoms with Crippen molar-refractivity contribution < 1.29 is 9.84 Å². The van der Waals surface area contributed by atoms with Gasteiger partial charge in [0.15, 0.2) is 0 Å². The molecule has 2 atom stereocenters. The number of nitrogens with zero attached hydrogens (tertiary/aromatic N) is 1. The van der Waals surface area contributed by atoms with Gasteiger partial charge in [0.2, 0.25) is 0 Å². The molecule has 1 aliphatic heterocycles. The number of aliphatic hydroxyl groups is 1. The molecule has 2 rings (SSSR count). The molecular weight excluding hydrogens is 192 g/mol. The van der Waals surface area contributed by atoms with E-state index in [1.165, 1.54) is 0 Å². The van der Waals surface area contributed by atoms with Crippen LogP contribution in [0.1, 0.15) is 11.3 Å². The fourth-order valence-corrected chi connectivity index (χ4v) is 1.68. The van der Waals surface area contributed by atoms with Gasteiger partial charge >= 0.3 is 0 Å². The Morgan fingerprint density at radius 2 is 2.47 bits per heavy atom. The van der Waals surface area contributed by atoms with Crippen molar-refractivity contribution in [3.05, 3.63) is 29.6 Å². The highest BCUT2D eigenvalue weighted by Crippen LogP contribution is 2.08. The van der Waals surface area contributed by atoms with Crippen molar-refractivity contribution in [3.8, 4) is 0 Å². The molecule has 0 bridgehead atoms. The van der Waals surface area contributed by atoms with E-state index in [0.29, 0.717) is 13.2 Å². The number of aryl methyl sites for hydroxylation is 1. The molecule has 2 unspecified atom stereocenters. The topological polar surface area (TPSA) is 54.4 Å². The lowest BCUT2D eigenvalue weighted by molar-refractivity contribution is 0.122. The summed E-state index contributed by atoms with van der Waals surface area (Å²) in [5.41, 5.74) is 2.19. The van der Waals surface area contributed by atoms with Crippen molar-refractivity contribution in [2.75, 3.05) is 13.2 Å². The predicted molar refractivity (Wildman–Crippen MR) is 56.4 cm³/mol. The molecule has 1 aromatic heterocycles. The van der Waals surface area contributed by atoms with Crippen LogP contribution in [0.3, 0.4) is 0 Å². The van der Waals surface area contributed by atoms with E-state index in [2.05, 4.69) is 10.3 Å². The van der Waals surface area contributed by atoms with E-state index < -0.39 is 0 Å². The minimum Gasteiger partial charge on any atom is -0.389 e. The molecule has 0 amide bonds. The molecule has 82 valence electrons. The SMILES string of the molecule is Cc1ncccc1CNC1COCC1O. The molecular formula is C11H16N2O2. The number of aromatic nitrogens is 1. The second kappa shape index (κ2) is 4.70. The van der Waals surface area contributed by atoms with Crippen LogP contribution in [0.2, 0.25) is 0 Å². The molecule has 15 heavy (non-hydrogen) atoms. The molecule has 0 radical (unpaired) electrons. The Bertz CT molecular complexity index is 330. The number of hydrogen-bond acceptors (Lipinski definition) is 4. The minimum absolute atomic E-state index is 0.0459. The van der Waals surface area contributed by atoms with Gasteiger partial charge in [-0.1, -0.05) is 6.07 Å². The number of rotatable bonds is 3. The predicted octanol–water partition coefficient (Wildman–Crippen LogP) is 0.239. The molecule has 0 saturated carbocycles. The summed E-state index contributed by atoms with van der Waals surface area (Å²) in [6.45, 7) is 3.73. The van der Waals surface area contributed by atoms with Crippen LogP contribution < -0.4 is 5.32 Å². The van der Waals surface area contributed by atoms with Crippen LogP contribution in [-0.4, -0.2) is 35.5 Å². The van der Waals surface area contributed by atoms with Crippen molar-refractivity contribution in [2.45, 2.75) is 25.6 Å². The van der Waals surface area contributed by atoms with Gasteiger partial charge in [-0.2, -0.15) is 0 Å². The maximum atomic E-state index is 9.53. The zero-order chi connectivity index (χ0) is 10.7. The fraction of sp³-hybridized carbons (Fsp3) is 0.545. The summed E-state index contributed by atoms with van der Waals surface area (Å²) < 4.78 is 5.16. The number of ether oxygens (including phenoxy) is 1. The van der Waals surface area contributed by atoms with Gasteiger partial charge in [-0.3, -0.25) is 4.98 Å². The number of hydrogen-bond donors (Lipinski definition) is 2. The van der Waals surface area contributed by atoms with Crippen molar-refractivity contribution in [1.29, 1.82) is 0 Å². The summed E-state index contributed by atoms with van der Waals surface area (Å²) in [7, 11) is 0. The largest absolute Gasteiger partial charge is 0.389 e. The molecule has 1 fully saturated rings. The number of aliphatic hydroxyl groups excluding tert-OH is 1. The number of nitrogens with one attached hydrogen (secondary N) is 1. The van der Waals surface area contributed by atoms with Crippen LogP contribution in [0.5, 0.6) is 0 Å². The average molecular weight is 208 g/mol. The monoisotopic (exact) mass is 208 g/mol. The van der Waals surface area contributed by atoms with E-state index in [1.807, 2.05) is 19.1 Å². The molecule has 4 nitrogen and oxygen atoms in total. The van der Waals surface area contributed by atoms with Gasteiger partial charge in [-0.05, 0) is 18.6 Å². The van der Waals surface area contributed by atoms with E-state index in [4.69, 9.17) is 4.74 Å². The Morgan fingerprint density at radius 1 is 1.60 bits per heavy atom. The Morgan fingerprint density at radius 3 is 3.13 bits per heavy atom. The summed E-state index contributed by atoms with van der Waals surface area (Å²) >= 11 is 0. The summed E-state index contributed by atoms with van der Waals surface area (Å²) in [6, 6.07) is 4.01. The first-order valence-electron chi connectivity index (χ1n) is 5.17. The maximum Gasteiger partial charge on any atom is 0.0948 e. The van der Waals surface area contributed by atoms with Crippen molar-refractivity contribution in [3.63, 3.8) is 0 Å². The molecule has 0 aromatic carbocycles. The first-order chi connectivity index (χ1) is 7.27. The second-order valence-corrected chi connectivity index (χ2v) is 3.84. The Hall–Kier alpha value is -0.970. The van der Waals surface area contributed by atoms with Gasteiger partial charge in [0.25, 0.3) is 0 Å². The molecule has 4 heteroatoms. The molecule has 2 N–H and O–H groups in total. The first kappa shape index (κ1) is 10.5. The second-order valence-electron chi connectivity index (χ2n) is 3.84. The van der Waals surface area contributed by atoms with Gasteiger partial charge in [0, 0.05) is 18.4 Å². The summed E-state index contributed by atoms with van der Waals surface area (Å²) in [5.74, 6) is 0. The van der Waals surface area contributed by atoms with Crippen molar-refractivity contribution >= 4 is 0 Å². The molecule has 1 aromatic rings. The van der Waals surface area contributed by atoms with Crippen LogP contribution in [0.4, 0.5) is 0 Å². The van der Waals surface area contributed by atoms with Crippen LogP contribution in [-0.2, 0) is 11.3 Å². The van der Waals surface area contributed by atoms with Crippen LogP contribution in [0.25, 0.3) is 0 Å². The van der Waals surface area contributed by atoms with Gasteiger partial charge in [-0.25, -0.2) is 0 Å². The average Bonchev–Trinajstić information content (AvgIpc) is 2.63. The molecule has 0 spiro atoms. The van der Waals surface area contributed by atoms with Gasteiger partial charge in [0.05, 0.1) is 25.4 Å². The van der Waals surface area contributed by atoms with E-state index >= 15 is 0 Å². The quantitative estimate of drug-likeness (QED) is 0.747. The molecule has 0 aliphatic carbocycles. The zero-order valence-electron chi connectivity index (χ0n) is 8.81. The minimum atomic E-state index is -0.387. The van der Waals surface area contributed by atoms with E-state index in [-0.39, 0.29) is 12.1 Å². The van der Waals surface area contributed by atoms with Crippen molar-refractivity contribution in [2.24, 2.45) is 0 Å². The molecule has 1 saturated heterocycles. The van der Waals surface area contributed by atoms with Crippen LogP contribution >= 0.6 is 0 Å². The highest BCUT2D eigenvalue weighted by Gasteiger charge is 2.25. The molecule has 1 aliphatic rings. The van der Waals surface area contributed by atoms with Crippen molar-refractivity contribution in [1.82, 2.24) is 10.3 Å². The van der Waals surface area contributed by atoms with E-state index in [1.54, 1.807) is 6.20 Å². The lowest BCUT2D eigenvalue weighted by Gasteiger charge is -2.15. The standard InChI is InChI=1S/C11H16N2O2/c1-8-9(3-2-4-12-8)5-13-10-6-15-7-11(10)14/h2-4,10-11,13-14H,5-7H2,1H3. The lowest BCUT2D eigenvalue weighted by Crippen LogP contribution is -2.38. The lowest BCUT2D eigenvalue weighted by atomic mass is 10.1. The maximum absolute atomic E-state index is 9.53. The Balaban J connectivity index is 1.90. The smallest absolute Gasteiger partial charge is 0.0948 e. The normalized spacial score (nSPS) is 25.7. The Kier molecular flexibility index (Phi) is 3.30. The van der Waals surface area contributed by atoms with E-state index in [0.717, 1.165) is 17.8 Å². The third kappa shape index (κ3) is 2.53. The first-order valence-corrected chi connectivity index (χ1v) is 5.17. The van der Waals surface area contributed by atoms with Crippen LogP contribution in [0.15, 0.2) is 18.3 Å². The third-order valence-electron chi connectivity index (χ3n) is 2.72. The van der Waals surface area contributed by atoms with E-state index in [9.17, 15) is 5.11 Å². The summed E-state index contributed by atoms with van der Waals surface area (Å²) in [4.78, 5) is 4.21. The summed E-state index contributed by atoms with van der Waals surface area (Å²) in [6.07, 6.45) is 1.40. The Labute approximate surface area is 89.3 Å². The number of pyridine rings is 1. The zero-order valence-corrected chi connectivity index (χ0v) is 8.81. The van der Waals surface area contributed by atoms with Gasteiger partial charge in [0.1, 0.15) is 0 Å². The summed E-state index contributed by atoms with van der Waals surface area (Å²) in [5, 5.41) is 12.8. The van der Waals surface area contributed by atoms with Gasteiger partial charge in [-0.15, -0.1) is 0 Å². The highest BCUT2D eigenvalue weighted by atomic mass is 16.5. The van der Waals surface area contributed by atoms with Crippen LogP contribution in [0, 0.1) is 6.92 Å². The van der Waals surface area contributed by atoms with Gasteiger partial charge < -0.3 is 15.2 Å². The molecule has 2 heterocycles. The fourth-order valence-electron chi connectivity index (χ4n) is 1.68. The third-order valence-corrected chi connectivity index (χ3v) is 2.72.